The summed E-state index contributed by atoms with van der Waals surface area (Å²) in [5.41, 5.74) is 0.643. The molecule has 0 spiro atoms. The maximum atomic E-state index is 12.4. The fraction of sp³-hybridized carbons (Fsp3) is 0.267. The Bertz CT molecular complexity index is 972. The van der Waals surface area contributed by atoms with E-state index in [1.807, 2.05) is 13.1 Å². The van der Waals surface area contributed by atoms with Gasteiger partial charge in [-0.05, 0) is 6.92 Å². The predicted octanol–water partition coefficient (Wildman–Crippen LogP) is 1.49. The highest BCUT2D eigenvalue weighted by Crippen LogP contribution is 2.21. The molecular weight excluding hydrogens is 362 g/mol. The summed E-state index contributed by atoms with van der Waals surface area (Å²) >= 11 is 6.13. The number of aromatic nitrogens is 6. The molecule has 3 aromatic heterocycles. The molecule has 0 aliphatic carbocycles. The first-order valence-corrected chi connectivity index (χ1v) is 8.07. The van der Waals surface area contributed by atoms with Crippen LogP contribution in [0.4, 0.5) is 5.82 Å². The molecule has 3 rings (SSSR count). The predicted molar refractivity (Wildman–Crippen MR) is 92.4 cm³/mol. The van der Waals surface area contributed by atoms with E-state index in [0.717, 1.165) is 16.8 Å². The number of carbonyl (C=O) groups excluding carboxylic acids is 1. The summed E-state index contributed by atoms with van der Waals surface area (Å²) in [5.74, 6) is -1.76. The van der Waals surface area contributed by atoms with E-state index in [4.69, 9.17) is 11.6 Å². The van der Waals surface area contributed by atoms with Crippen molar-refractivity contribution in [2.75, 3.05) is 5.32 Å². The molecule has 0 atom stereocenters. The van der Waals surface area contributed by atoms with Crippen LogP contribution in [-0.4, -0.2) is 46.3 Å². The fourth-order valence-electron chi connectivity index (χ4n) is 2.44. The van der Waals surface area contributed by atoms with Crippen molar-refractivity contribution in [1.29, 1.82) is 0 Å². The molecule has 0 aliphatic rings. The Morgan fingerprint density at radius 1 is 1.23 bits per heavy atom. The van der Waals surface area contributed by atoms with Crippen LogP contribution in [0.15, 0.2) is 24.8 Å². The van der Waals surface area contributed by atoms with E-state index in [1.54, 1.807) is 21.8 Å². The smallest absolute Gasteiger partial charge is 0.354 e. The average molecular weight is 378 g/mol. The Labute approximate surface area is 153 Å². The Kier molecular flexibility index (Phi) is 4.76. The summed E-state index contributed by atoms with van der Waals surface area (Å²) in [6.07, 6.45) is 6.37. The van der Waals surface area contributed by atoms with Gasteiger partial charge in [-0.15, -0.1) is 0 Å². The third kappa shape index (κ3) is 3.45. The highest BCUT2D eigenvalue weighted by atomic mass is 35.5. The van der Waals surface area contributed by atoms with Crippen molar-refractivity contribution in [2.45, 2.75) is 20.0 Å². The lowest BCUT2D eigenvalue weighted by Crippen LogP contribution is -2.17. The second-order valence-electron chi connectivity index (χ2n) is 5.52. The van der Waals surface area contributed by atoms with Crippen LogP contribution in [0.1, 0.15) is 33.3 Å². The van der Waals surface area contributed by atoms with Crippen LogP contribution in [0.5, 0.6) is 0 Å². The maximum Gasteiger partial charge on any atom is 0.354 e. The number of anilines is 1. The number of carbonyl (C=O) groups is 2. The normalized spacial score (nSPS) is 10.9. The van der Waals surface area contributed by atoms with Gasteiger partial charge in [-0.2, -0.15) is 15.3 Å². The summed E-state index contributed by atoms with van der Waals surface area (Å²) in [7, 11) is 1.44. The van der Waals surface area contributed by atoms with E-state index in [1.165, 1.54) is 13.2 Å². The number of nitrogens with one attached hydrogen (secondary N) is 1. The van der Waals surface area contributed by atoms with Crippen LogP contribution in [0.3, 0.4) is 0 Å². The van der Waals surface area contributed by atoms with Gasteiger partial charge in [-0.25, -0.2) is 4.79 Å². The Morgan fingerprint density at radius 2 is 2.00 bits per heavy atom. The number of aromatic carboxylic acids is 1. The van der Waals surface area contributed by atoms with Gasteiger partial charge in [0.1, 0.15) is 5.02 Å². The summed E-state index contributed by atoms with van der Waals surface area (Å²) in [5, 5.41) is 24.2. The quantitative estimate of drug-likeness (QED) is 0.671. The molecule has 2 N–H and O–H groups in total. The monoisotopic (exact) mass is 377 g/mol. The van der Waals surface area contributed by atoms with Crippen LogP contribution >= 0.6 is 11.6 Å². The lowest BCUT2D eigenvalue weighted by molar-refractivity contribution is 0.0680. The van der Waals surface area contributed by atoms with Gasteiger partial charge >= 0.3 is 5.97 Å². The molecule has 26 heavy (non-hydrogen) atoms. The highest BCUT2D eigenvalue weighted by Gasteiger charge is 2.23. The van der Waals surface area contributed by atoms with Gasteiger partial charge < -0.3 is 10.4 Å². The molecule has 3 aromatic rings. The summed E-state index contributed by atoms with van der Waals surface area (Å²) < 4.78 is 4.47. The number of hydrogen-bond acceptors (Lipinski definition) is 5. The second kappa shape index (κ2) is 7.00. The van der Waals surface area contributed by atoms with Crippen LogP contribution < -0.4 is 5.32 Å². The first kappa shape index (κ1) is 17.7. The molecule has 11 heteroatoms. The van der Waals surface area contributed by atoms with E-state index in [0.29, 0.717) is 6.54 Å². The number of nitrogens with zero attached hydrogens (tertiary/aromatic N) is 6. The first-order valence-electron chi connectivity index (χ1n) is 7.70. The molecule has 0 aromatic carbocycles. The van der Waals surface area contributed by atoms with E-state index < -0.39 is 11.9 Å². The number of halogens is 1. The molecule has 0 aliphatic heterocycles. The Balaban J connectivity index is 1.77. The van der Waals surface area contributed by atoms with Crippen molar-refractivity contribution in [1.82, 2.24) is 29.3 Å². The lowest BCUT2D eigenvalue weighted by atomic mass is 10.2. The number of carboxylic acid groups (broad SMARTS) is 1. The number of aryl methyl sites for hydroxylation is 2. The molecule has 0 fully saturated rings. The third-order valence-electron chi connectivity index (χ3n) is 3.69. The van der Waals surface area contributed by atoms with E-state index in [9.17, 15) is 14.7 Å². The molecule has 0 radical (unpaired) electrons. The minimum atomic E-state index is -1.25. The first-order chi connectivity index (χ1) is 12.4. The van der Waals surface area contributed by atoms with Gasteiger partial charge in [0.05, 0.1) is 24.5 Å². The van der Waals surface area contributed by atoms with E-state index in [-0.39, 0.29) is 22.1 Å². The molecule has 0 unspecified atom stereocenters. The van der Waals surface area contributed by atoms with Crippen molar-refractivity contribution in [3.05, 3.63) is 46.6 Å². The lowest BCUT2D eigenvalue weighted by Gasteiger charge is -2.03. The summed E-state index contributed by atoms with van der Waals surface area (Å²) in [4.78, 5) is 23.6. The third-order valence-corrected chi connectivity index (χ3v) is 3.97. The minimum absolute atomic E-state index is 0.0742. The van der Waals surface area contributed by atoms with Crippen molar-refractivity contribution in [3.63, 3.8) is 0 Å². The second-order valence-corrected chi connectivity index (χ2v) is 5.92. The summed E-state index contributed by atoms with van der Waals surface area (Å²) in [6.45, 7) is 3.18. The van der Waals surface area contributed by atoms with Gasteiger partial charge in [0.25, 0.3) is 5.91 Å². The van der Waals surface area contributed by atoms with E-state index in [2.05, 4.69) is 20.6 Å². The molecule has 0 saturated heterocycles. The molecule has 10 nitrogen and oxygen atoms in total. The largest absolute Gasteiger partial charge is 0.477 e. The van der Waals surface area contributed by atoms with Crippen molar-refractivity contribution < 1.29 is 14.7 Å². The van der Waals surface area contributed by atoms with Gasteiger partial charge in [0.15, 0.2) is 11.5 Å². The number of amides is 1. The number of hydrogen-bond donors (Lipinski definition) is 2. The number of carboxylic acids is 1. The van der Waals surface area contributed by atoms with Gasteiger partial charge in [0, 0.05) is 31.5 Å². The molecule has 0 saturated carbocycles. The zero-order chi connectivity index (χ0) is 18.8. The molecule has 1 amide bonds. The molecule has 136 valence electrons. The van der Waals surface area contributed by atoms with Crippen molar-refractivity contribution >= 4 is 29.3 Å². The Morgan fingerprint density at radius 3 is 2.65 bits per heavy atom. The van der Waals surface area contributed by atoms with Gasteiger partial charge in [-0.3, -0.25) is 18.8 Å². The highest BCUT2D eigenvalue weighted by molar-refractivity contribution is 6.33. The van der Waals surface area contributed by atoms with Crippen molar-refractivity contribution in [2.24, 2.45) is 7.05 Å². The van der Waals surface area contributed by atoms with E-state index >= 15 is 0 Å². The van der Waals surface area contributed by atoms with Crippen LogP contribution in [0.2, 0.25) is 5.02 Å². The Hall–Kier alpha value is -3.14. The van der Waals surface area contributed by atoms with Crippen LogP contribution in [-0.2, 0) is 20.1 Å². The molecule has 3 heterocycles. The number of rotatable bonds is 6. The summed E-state index contributed by atoms with van der Waals surface area (Å²) in [6, 6.07) is 0. The maximum absolute atomic E-state index is 12.4. The van der Waals surface area contributed by atoms with Crippen molar-refractivity contribution in [3.8, 4) is 0 Å². The molecule has 0 bridgehead atoms. The average Bonchev–Trinajstić information content (AvgIpc) is 3.27. The van der Waals surface area contributed by atoms with Gasteiger partial charge in [-0.1, -0.05) is 11.6 Å². The van der Waals surface area contributed by atoms with Crippen LogP contribution in [0.25, 0.3) is 0 Å². The fourth-order valence-corrected chi connectivity index (χ4v) is 2.64. The van der Waals surface area contributed by atoms with Crippen LogP contribution in [0, 0.1) is 0 Å². The topological polar surface area (TPSA) is 120 Å². The minimum Gasteiger partial charge on any atom is -0.477 e. The zero-order valence-corrected chi connectivity index (χ0v) is 14.8. The SMILES string of the molecule is CCn1cc(Cn2cc(Cl)c(NC(=O)c3cnn(C)c3C(=O)O)n2)cn1. The standard InChI is InChI=1S/C15H16ClN7O3/c1-3-22-6-9(4-18-22)7-23-8-11(16)13(20-23)19-14(24)10-5-17-21(2)12(10)15(25)26/h4-6,8H,3,7H2,1-2H3,(H,25,26)(H,19,20,24). The zero-order valence-electron chi connectivity index (χ0n) is 14.0. The molecular formula is C15H16ClN7O3. The van der Waals surface area contributed by atoms with Gasteiger partial charge in [0.2, 0.25) is 0 Å².